The standard InChI is InChI=1S/C39H55N5O7/c1-5-18-39(37(40)49,30(24-29-14-10-7-11-15-29)35(47)42-32(23-27(2)3)34(46)38(4)26-51-38)43-36(48)31(17-16-28-12-8-6-9-13-28)41-33(45)25-44-19-21-50-22-20-44/h6-15,27,30-32H,5,16-26H2,1-4H3,(H2,40,49)(H,41,45)(H,42,47)(H,43,48)/t30-,31+,32+,38-,39?/m1/s1. The molecule has 0 aliphatic carbocycles. The predicted octanol–water partition coefficient (Wildman–Crippen LogP) is 2.32. The molecular weight excluding hydrogens is 650 g/mol. The van der Waals surface area contributed by atoms with Crippen LogP contribution in [0, 0.1) is 11.8 Å². The summed E-state index contributed by atoms with van der Waals surface area (Å²) >= 11 is 0. The lowest BCUT2D eigenvalue weighted by Crippen LogP contribution is -2.68. The number of carbonyl (C=O) groups is 5. The molecule has 12 heteroatoms. The van der Waals surface area contributed by atoms with Crippen molar-refractivity contribution in [2.24, 2.45) is 17.6 Å². The van der Waals surface area contributed by atoms with Gasteiger partial charge in [-0.1, -0.05) is 87.9 Å². The second kappa shape index (κ2) is 18.4. The number of ether oxygens (including phenoxy) is 2. The maximum atomic E-state index is 14.5. The highest BCUT2D eigenvalue weighted by Crippen LogP contribution is 2.32. The lowest BCUT2D eigenvalue weighted by atomic mass is 9.75. The van der Waals surface area contributed by atoms with Crippen molar-refractivity contribution in [2.45, 2.75) is 89.4 Å². The number of rotatable bonds is 20. The van der Waals surface area contributed by atoms with Gasteiger partial charge in [-0.2, -0.15) is 0 Å². The summed E-state index contributed by atoms with van der Waals surface area (Å²) in [5.74, 6) is -3.77. The highest BCUT2D eigenvalue weighted by Gasteiger charge is 2.53. The minimum Gasteiger partial charge on any atom is -0.379 e. The topological polar surface area (TPSA) is 172 Å². The third kappa shape index (κ3) is 11.2. The van der Waals surface area contributed by atoms with E-state index in [1.807, 2.05) is 86.3 Å². The van der Waals surface area contributed by atoms with Crippen LogP contribution in [0.5, 0.6) is 0 Å². The average Bonchev–Trinajstić information content (AvgIpc) is 3.87. The van der Waals surface area contributed by atoms with Gasteiger partial charge in [0.2, 0.25) is 23.6 Å². The monoisotopic (exact) mass is 705 g/mol. The number of ketones is 1. The molecular formula is C39H55N5O7. The van der Waals surface area contributed by atoms with E-state index >= 15 is 0 Å². The number of carbonyl (C=O) groups excluding carboxylic acids is 5. The van der Waals surface area contributed by atoms with Crippen LogP contribution in [0.15, 0.2) is 60.7 Å². The minimum atomic E-state index is -1.85. The van der Waals surface area contributed by atoms with Gasteiger partial charge in [0.25, 0.3) is 0 Å². The smallest absolute Gasteiger partial charge is 0.244 e. The zero-order valence-electron chi connectivity index (χ0n) is 30.5. The van der Waals surface area contributed by atoms with Crippen LogP contribution in [0.2, 0.25) is 0 Å². The first kappa shape index (κ1) is 39.7. The maximum Gasteiger partial charge on any atom is 0.244 e. The molecule has 2 saturated heterocycles. The Morgan fingerprint density at radius 2 is 1.51 bits per heavy atom. The quantitative estimate of drug-likeness (QED) is 0.152. The number of morpholine rings is 1. The number of nitrogens with one attached hydrogen (secondary N) is 3. The molecule has 0 saturated carbocycles. The normalized spacial score (nSPS) is 20.3. The number of epoxide rings is 1. The third-order valence-corrected chi connectivity index (χ3v) is 9.75. The fourth-order valence-corrected chi connectivity index (χ4v) is 6.74. The predicted molar refractivity (Wildman–Crippen MR) is 193 cm³/mol. The number of benzene rings is 2. The van der Waals surface area contributed by atoms with E-state index in [-0.39, 0.29) is 50.0 Å². The summed E-state index contributed by atoms with van der Waals surface area (Å²) in [4.78, 5) is 71.5. The third-order valence-electron chi connectivity index (χ3n) is 9.75. The SMILES string of the molecule is CCCC(NC(=O)[C@H](CCc1ccccc1)NC(=O)CN1CCOCC1)(C(N)=O)[C@H](Cc1ccccc1)C(=O)N[C@@H](CC(C)C)C(=O)[C@@]1(C)CO1. The van der Waals surface area contributed by atoms with Crippen molar-refractivity contribution in [1.29, 1.82) is 0 Å². The van der Waals surface area contributed by atoms with Crippen LogP contribution in [0.4, 0.5) is 0 Å². The molecule has 0 bridgehead atoms. The molecule has 2 heterocycles. The molecule has 2 aromatic rings. The molecule has 0 spiro atoms. The number of Topliss-reactive ketones (excluding diaryl/α,β-unsaturated/α-hetero) is 1. The summed E-state index contributed by atoms with van der Waals surface area (Å²) in [6.07, 6.45) is 1.59. The Kier molecular flexibility index (Phi) is 14.3. The molecule has 0 radical (unpaired) electrons. The Bertz CT molecular complexity index is 1480. The van der Waals surface area contributed by atoms with Gasteiger partial charge in [0.05, 0.1) is 38.3 Å². The van der Waals surface area contributed by atoms with Crippen LogP contribution in [-0.2, 0) is 46.3 Å². The van der Waals surface area contributed by atoms with Crippen LogP contribution in [-0.4, -0.2) is 97.0 Å². The first-order valence-corrected chi connectivity index (χ1v) is 18.1. The molecule has 4 amide bonds. The summed E-state index contributed by atoms with van der Waals surface area (Å²) in [7, 11) is 0. The van der Waals surface area contributed by atoms with Crippen molar-refractivity contribution < 1.29 is 33.4 Å². The molecule has 12 nitrogen and oxygen atoms in total. The van der Waals surface area contributed by atoms with E-state index in [1.165, 1.54) is 0 Å². The number of aryl methyl sites for hydroxylation is 1. The second-order valence-corrected chi connectivity index (χ2v) is 14.4. The van der Waals surface area contributed by atoms with Crippen molar-refractivity contribution in [2.75, 3.05) is 39.5 Å². The highest BCUT2D eigenvalue weighted by atomic mass is 16.6. The van der Waals surface area contributed by atoms with Gasteiger partial charge in [0.15, 0.2) is 5.78 Å². The fourth-order valence-electron chi connectivity index (χ4n) is 6.74. The van der Waals surface area contributed by atoms with Gasteiger partial charge in [-0.05, 0) is 56.1 Å². The summed E-state index contributed by atoms with van der Waals surface area (Å²) < 4.78 is 10.8. The first-order chi connectivity index (χ1) is 24.4. The van der Waals surface area contributed by atoms with Gasteiger partial charge >= 0.3 is 0 Å². The minimum absolute atomic E-state index is 0.0513. The molecule has 51 heavy (non-hydrogen) atoms. The molecule has 278 valence electrons. The van der Waals surface area contributed by atoms with Crippen molar-refractivity contribution in [3.63, 3.8) is 0 Å². The van der Waals surface area contributed by atoms with Gasteiger partial charge in [0, 0.05) is 13.1 Å². The van der Waals surface area contributed by atoms with Crippen LogP contribution < -0.4 is 21.7 Å². The van der Waals surface area contributed by atoms with Gasteiger partial charge < -0.3 is 31.2 Å². The number of amides is 4. The maximum absolute atomic E-state index is 14.5. The molecule has 4 rings (SSSR count). The molecule has 2 aliphatic rings. The molecule has 2 aromatic carbocycles. The Labute approximate surface area is 301 Å². The Hall–Kier alpha value is -4.13. The van der Waals surface area contributed by atoms with Crippen molar-refractivity contribution in [1.82, 2.24) is 20.9 Å². The van der Waals surface area contributed by atoms with Gasteiger partial charge in [-0.25, -0.2) is 0 Å². The zero-order chi connectivity index (χ0) is 37.0. The van der Waals surface area contributed by atoms with E-state index in [2.05, 4.69) is 16.0 Å². The summed E-state index contributed by atoms with van der Waals surface area (Å²) in [6.45, 7) is 10.0. The molecule has 0 aromatic heterocycles. The van der Waals surface area contributed by atoms with E-state index in [4.69, 9.17) is 15.2 Å². The summed E-state index contributed by atoms with van der Waals surface area (Å²) in [5.41, 5.74) is 5.10. The number of primary amides is 1. The number of nitrogens with zero attached hydrogens (tertiary/aromatic N) is 1. The summed E-state index contributed by atoms with van der Waals surface area (Å²) in [6, 6.07) is 16.9. The Morgan fingerprint density at radius 1 is 0.902 bits per heavy atom. The van der Waals surface area contributed by atoms with Gasteiger partial charge in [0.1, 0.15) is 17.2 Å². The first-order valence-electron chi connectivity index (χ1n) is 18.1. The van der Waals surface area contributed by atoms with Crippen LogP contribution >= 0.6 is 0 Å². The Morgan fingerprint density at radius 3 is 2.06 bits per heavy atom. The lowest BCUT2D eigenvalue weighted by molar-refractivity contribution is -0.143. The molecule has 2 fully saturated rings. The van der Waals surface area contributed by atoms with Crippen molar-refractivity contribution >= 4 is 29.4 Å². The van der Waals surface area contributed by atoms with Crippen LogP contribution in [0.1, 0.15) is 64.5 Å². The molecule has 2 aliphatic heterocycles. The van der Waals surface area contributed by atoms with Gasteiger partial charge in [-0.15, -0.1) is 0 Å². The number of hydrogen-bond acceptors (Lipinski definition) is 8. The number of hydrogen-bond donors (Lipinski definition) is 4. The molecule has 1 unspecified atom stereocenters. The van der Waals surface area contributed by atoms with Crippen molar-refractivity contribution in [3.8, 4) is 0 Å². The van der Waals surface area contributed by atoms with E-state index in [9.17, 15) is 24.0 Å². The lowest BCUT2D eigenvalue weighted by Gasteiger charge is -2.40. The Balaban J connectivity index is 1.67. The van der Waals surface area contributed by atoms with E-state index in [0.717, 1.165) is 11.1 Å². The fraction of sp³-hybridized carbons (Fsp3) is 0.564. The second-order valence-electron chi connectivity index (χ2n) is 14.4. The highest BCUT2D eigenvalue weighted by molar-refractivity contribution is 6.01. The van der Waals surface area contributed by atoms with E-state index < -0.39 is 46.9 Å². The largest absolute Gasteiger partial charge is 0.379 e. The van der Waals surface area contributed by atoms with Crippen LogP contribution in [0.25, 0.3) is 0 Å². The van der Waals surface area contributed by atoms with Crippen molar-refractivity contribution in [3.05, 3.63) is 71.8 Å². The van der Waals surface area contributed by atoms with Gasteiger partial charge in [-0.3, -0.25) is 28.9 Å². The van der Waals surface area contributed by atoms with E-state index in [0.29, 0.717) is 45.6 Å². The van der Waals surface area contributed by atoms with Crippen LogP contribution in [0.3, 0.4) is 0 Å². The summed E-state index contributed by atoms with van der Waals surface area (Å²) in [5, 5.41) is 8.78. The molecule has 5 atom stereocenters. The average molecular weight is 706 g/mol. The zero-order valence-corrected chi connectivity index (χ0v) is 30.5. The molecule has 5 N–H and O–H groups in total. The van der Waals surface area contributed by atoms with E-state index in [1.54, 1.807) is 6.92 Å². The number of nitrogens with two attached hydrogens (primary N) is 1.